The molecule has 1 aromatic rings. The molecule has 0 spiro atoms. The van der Waals surface area contributed by atoms with E-state index >= 15 is 0 Å². The van der Waals surface area contributed by atoms with Gasteiger partial charge in [-0.25, -0.2) is 4.79 Å². The van der Waals surface area contributed by atoms with Crippen LogP contribution in [0, 0.1) is 5.41 Å². The van der Waals surface area contributed by atoms with Gasteiger partial charge in [-0.1, -0.05) is 38.1 Å². The number of benzene rings is 1. The summed E-state index contributed by atoms with van der Waals surface area (Å²) in [4.78, 5) is 14.3. The number of hydrogen-bond donors (Lipinski definition) is 2. The van der Waals surface area contributed by atoms with Gasteiger partial charge in [0.2, 0.25) is 0 Å². The van der Waals surface area contributed by atoms with Crippen LogP contribution in [0.25, 0.3) is 0 Å². The molecule has 0 radical (unpaired) electrons. The number of nitrogens with one attached hydrogen (secondary N) is 1. The normalized spacial score (nSPS) is 18.9. The zero-order chi connectivity index (χ0) is 17.0. The molecule has 0 heterocycles. The minimum Gasteiger partial charge on any atom is -0.393 e. The molecule has 23 heavy (non-hydrogen) atoms. The third kappa shape index (κ3) is 4.96. The zero-order valence-corrected chi connectivity index (χ0v) is 14.8. The minimum absolute atomic E-state index is 0.0203. The van der Waals surface area contributed by atoms with Gasteiger partial charge >= 0.3 is 6.03 Å². The lowest BCUT2D eigenvalue weighted by atomic mass is 9.87. The number of aryl methyl sites for hydroxylation is 1. The summed E-state index contributed by atoms with van der Waals surface area (Å²) in [5, 5.41) is 12.6. The Morgan fingerprint density at radius 3 is 2.70 bits per heavy atom. The van der Waals surface area contributed by atoms with Gasteiger partial charge in [0.1, 0.15) is 0 Å². The van der Waals surface area contributed by atoms with Gasteiger partial charge in [-0.3, -0.25) is 0 Å². The molecule has 1 aliphatic carbocycles. The van der Waals surface area contributed by atoms with Gasteiger partial charge in [0.05, 0.1) is 6.10 Å². The van der Waals surface area contributed by atoms with E-state index in [0.29, 0.717) is 13.0 Å². The van der Waals surface area contributed by atoms with E-state index in [1.807, 2.05) is 11.9 Å². The molecule has 0 fully saturated rings. The Labute approximate surface area is 139 Å². The Bertz CT molecular complexity index is 540. The average Bonchev–Trinajstić information content (AvgIpc) is 2.50. The van der Waals surface area contributed by atoms with E-state index in [2.05, 4.69) is 43.4 Å². The Kier molecular flexibility index (Phi) is 5.69. The molecule has 2 N–H and O–H groups in total. The van der Waals surface area contributed by atoms with Gasteiger partial charge < -0.3 is 15.3 Å². The first-order valence-corrected chi connectivity index (χ1v) is 8.54. The molecule has 0 saturated carbocycles. The van der Waals surface area contributed by atoms with Crippen molar-refractivity contribution < 1.29 is 9.90 Å². The number of amides is 2. The summed E-state index contributed by atoms with van der Waals surface area (Å²) < 4.78 is 0. The van der Waals surface area contributed by atoms with Crippen molar-refractivity contribution in [3.05, 3.63) is 35.4 Å². The number of urea groups is 1. The molecule has 4 nitrogen and oxygen atoms in total. The smallest absolute Gasteiger partial charge is 0.317 e. The number of nitrogens with zero attached hydrogens (tertiary/aromatic N) is 1. The summed E-state index contributed by atoms with van der Waals surface area (Å²) >= 11 is 0. The van der Waals surface area contributed by atoms with Crippen LogP contribution in [-0.4, -0.2) is 41.8 Å². The molecule has 0 aromatic heterocycles. The number of fused-ring (bicyclic) bond motifs is 1. The first kappa shape index (κ1) is 17.8. The molecule has 4 heteroatoms. The number of carbonyl (C=O) groups excluding carboxylic acids is 1. The lowest BCUT2D eigenvalue weighted by Gasteiger charge is -2.34. The van der Waals surface area contributed by atoms with Crippen molar-refractivity contribution in [1.82, 2.24) is 10.2 Å². The topological polar surface area (TPSA) is 52.6 Å². The maximum Gasteiger partial charge on any atom is 0.317 e. The summed E-state index contributed by atoms with van der Waals surface area (Å²) in [6.45, 7) is 6.49. The molecule has 2 amide bonds. The summed E-state index contributed by atoms with van der Waals surface area (Å²) in [5.74, 6) is 0. The summed E-state index contributed by atoms with van der Waals surface area (Å²) in [7, 11) is 1.88. The summed E-state index contributed by atoms with van der Waals surface area (Å²) in [6.07, 6.45) is 3.30. The van der Waals surface area contributed by atoms with Crippen LogP contribution in [0.3, 0.4) is 0 Å². The summed E-state index contributed by atoms with van der Waals surface area (Å²) in [6, 6.07) is 8.74. The first-order valence-electron chi connectivity index (χ1n) is 8.54. The van der Waals surface area contributed by atoms with Crippen LogP contribution in [0.15, 0.2) is 24.3 Å². The van der Waals surface area contributed by atoms with E-state index in [4.69, 9.17) is 0 Å². The van der Waals surface area contributed by atoms with Gasteiger partial charge in [0, 0.05) is 19.6 Å². The van der Waals surface area contributed by atoms with Crippen LogP contribution >= 0.6 is 0 Å². The fourth-order valence-corrected chi connectivity index (χ4v) is 3.49. The minimum atomic E-state index is -0.352. The molecule has 128 valence electrons. The van der Waals surface area contributed by atoms with Gasteiger partial charge in [0.15, 0.2) is 0 Å². The fourth-order valence-electron chi connectivity index (χ4n) is 3.49. The molecule has 0 bridgehead atoms. The van der Waals surface area contributed by atoms with Crippen LogP contribution in [0.2, 0.25) is 0 Å². The highest BCUT2D eigenvalue weighted by atomic mass is 16.3. The molecule has 0 aliphatic heterocycles. The van der Waals surface area contributed by atoms with Gasteiger partial charge in [-0.2, -0.15) is 0 Å². The lowest BCUT2D eigenvalue weighted by Crippen LogP contribution is -2.48. The molecular formula is C19H30N2O2. The van der Waals surface area contributed by atoms with Crippen molar-refractivity contribution in [3.63, 3.8) is 0 Å². The average molecular weight is 318 g/mol. The van der Waals surface area contributed by atoms with Crippen LogP contribution in [0.4, 0.5) is 4.79 Å². The predicted molar refractivity (Wildman–Crippen MR) is 93.5 cm³/mol. The molecule has 2 rings (SSSR count). The van der Waals surface area contributed by atoms with Crippen LogP contribution in [0.5, 0.6) is 0 Å². The van der Waals surface area contributed by atoms with E-state index in [0.717, 1.165) is 19.3 Å². The molecule has 1 aliphatic rings. The Morgan fingerprint density at radius 1 is 1.39 bits per heavy atom. The van der Waals surface area contributed by atoms with Crippen molar-refractivity contribution in [2.24, 2.45) is 5.41 Å². The van der Waals surface area contributed by atoms with Crippen LogP contribution in [-0.2, 0) is 12.8 Å². The standard InChI is InChI=1S/C19H30N2O2/c1-14(22)12-19(2,3)13-20-18(23)21(4)17-10-9-15-7-5-6-8-16(15)11-17/h5-8,14,17,22H,9-13H2,1-4H3,(H,20,23). The largest absolute Gasteiger partial charge is 0.393 e. The lowest BCUT2D eigenvalue weighted by molar-refractivity contribution is 0.125. The van der Waals surface area contributed by atoms with Gasteiger partial charge in [-0.15, -0.1) is 0 Å². The highest BCUT2D eigenvalue weighted by Crippen LogP contribution is 2.24. The second-order valence-electron chi connectivity index (χ2n) is 7.65. The number of hydrogen-bond acceptors (Lipinski definition) is 2. The van der Waals surface area contributed by atoms with Crippen molar-refractivity contribution in [1.29, 1.82) is 0 Å². The summed E-state index contributed by atoms with van der Waals surface area (Å²) in [5.41, 5.74) is 2.66. The van der Waals surface area contributed by atoms with E-state index in [1.54, 1.807) is 6.92 Å². The monoisotopic (exact) mass is 318 g/mol. The third-order valence-corrected chi connectivity index (χ3v) is 4.76. The molecular weight excluding hydrogens is 288 g/mol. The number of likely N-dealkylation sites (N-methyl/N-ethyl adjacent to an activating group) is 1. The first-order chi connectivity index (χ1) is 10.8. The Balaban J connectivity index is 1.88. The highest BCUT2D eigenvalue weighted by Gasteiger charge is 2.26. The molecule has 2 unspecified atom stereocenters. The van der Waals surface area contributed by atoms with Crippen molar-refractivity contribution >= 4 is 6.03 Å². The SMILES string of the molecule is CC(O)CC(C)(C)CNC(=O)N(C)C1CCc2ccccc2C1. The van der Waals surface area contributed by atoms with Crippen molar-refractivity contribution in [2.75, 3.05) is 13.6 Å². The quantitative estimate of drug-likeness (QED) is 0.877. The van der Waals surface area contributed by atoms with Crippen molar-refractivity contribution in [3.8, 4) is 0 Å². The molecule has 1 aromatic carbocycles. The number of aliphatic hydroxyl groups is 1. The van der Waals surface area contributed by atoms with Crippen molar-refractivity contribution in [2.45, 2.75) is 58.6 Å². The molecule has 2 atom stereocenters. The number of rotatable bonds is 5. The maximum absolute atomic E-state index is 12.4. The van der Waals surface area contributed by atoms with Crippen LogP contribution < -0.4 is 5.32 Å². The second kappa shape index (κ2) is 7.35. The van der Waals surface area contributed by atoms with E-state index in [1.165, 1.54) is 11.1 Å². The Hall–Kier alpha value is -1.55. The zero-order valence-electron chi connectivity index (χ0n) is 14.8. The third-order valence-electron chi connectivity index (χ3n) is 4.76. The van der Waals surface area contributed by atoms with Gasteiger partial charge in [0.25, 0.3) is 0 Å². The molecule has 0 saturated heterocycles. The maximum atomic E-state index is 12.4. The number of aliphatic hydroxyl groups excluding tert-OH is 1. The van der Waals surface area contributed by atoms with Gasteiger partial charge in [-0.05, 0) is 49.1 Å². The van der Waals surface area contributed by atoms with E-state index < -0.39 is 0 Å². The Morgan fingerprint density at radius 2 is 2.04 bits per heavy atom. The van der Waals surface area contributed by atoms with E-state index in [-0.39, 0.29) is 23.6 Å². The van der Waals surface area contributed by atoms with Crippen LogP contribution in [0.1, 0.15) is 44.7 Å². The fraction of sp³-hybridized carbons (Fsp3) is 0.632. The second-order valence-corrected chi connectivity index (χ2v) is 7.65. The highest BCUT2D eigenvalue weighted by molar-refractivity contribution is 5.74. The number of carbonyl (C=O) groups is 1. The predicted octanol–water partition coefficient (Wildman–Crippen LogP) is 2.98. The van der Waals surface area contributed by atoms with E-state index in [9.17, 15) is 9.90 Å².